The van der Waals surface area contributed by atoms with Gasteiger partial charge < -0.3 is 14.2 Å². The van der Waals surface area contributed by atoms with Gasteiger partial charge in [-0.3, -0.25) is 0 Å². The summed E-state index contributed by atoms with van der Waals surface area (Å²) in [5.74, 6) is 0.344. The molecule has 0 amide bonds. The lowest BCUT2D eigenvalue weighted by Gasteiger charge is -2.08. The molecule has 2 aromatic rings. The molecule has 0 unspecified atom stereocenters. The molecule has 0 aliphatic heterocycles. The molecule has 2 aromatic carbocycles. The van der Waals surface area contributed by atoms with E-state index in [1.807, 2.05) is 13.8 Å². The van der Waals surface area contributed by atoms with E-state index in [1.165, 1.54) is 19.2 Å². The molecule has 0 spiro atoms. The van der Waals surface area contributed by atoms with E-state index in [9.17, 15) is 9.59 Å². The van der Waals surface area contributed by atoms with Crippen molar-refractivity contribution in [1.82, 2.24) is 0 Å². The van der Waals surface area contributed by atoms with E-state index in [-0.39, 0.29) is 5.92 Å². The van der Waals surface area contributed by atoms with Gasteiger partial charge in [-0.2, -0.15) is 0 Å². The van der Waals surface area contributed by atoms with Crippen molar-refractivity contribution in [3.05, 3.63) is 59.7 Å². The molecule has 0 atom stereocenters. The Balaban J connectivity index is 2.01. The molecule has 0 aliphatic rings. The van der Waals surface area contributed by atoms with Gasteiger partial charge in [0.1, 0.15) is 11.5 Å². The molecule has 0 fully saturated rings. The number of benzene rings is 2. The third kappa shape index (κ3) is 4.84. The first-order valence-electron chi connectivity index (χ1n) is 7.63. The maximum Gasteiger partial charge on any atom is 0.343 e. The highest BCUT2D eigenvalue weighted by Crippen LogP contribution is 2.20. The molecule has 0 N–H and O–H groups in total. The highest BCUT2D eigenvalue weighted by Gasteiger charge is 2.12. The molecule has 0 saturated carbocycles. The summed E-state index contributed by atoms with van der Waals surface area (Å²) in [7, 11) is 1.54. The molecular formula is C19H20O5. The second-order valence-electron chi connectivity index (χ2n) is 5.64. The van der Waals surface area contributed by atoms with E-state index in [2.05, 4.69) is 0 Å². The van der Waals surface area contributed by atoms with Crippen molar-refractivity contribution in [3.63, 3.8) is 0 Å². The Bertz CT molecular complexity index is 704. The molecule has 5 nitrogen and oxygen atoms in total. The van der Waals surface area contributed by atoms with E-state index in [0.717, 1.165) is 0 Å². The van der Waals surface area contributed by atoms with Gasteiger partial charge in [0, 0.05) is 6.07 Å². The smallest absolute Gasteiger partial charge is 0.343 e. The predicted octanol–water partition coefficient (Wildman–Crippen LogP) is 3.73. The zero-order chi connectivity index (χ0) is 17.5. The highest BCUT2D eigenvalue weighted by atomic mass is 16.5. The number of esters is 2. The second kappa shape index (κ2) is 8.15. The van der Waals surface area contributed by atoms with Crippen LogP contribution in [0.25, 0.3) is 0 Å². The number of methoxy groups -OCH3 is 1. The molecule has 5 heteroatoms. The summed E-state index contributed by atoms with van der Waals surface area (Å²) < 4.78 is 15.5. The van der Waals surface area contributed by atoms with Crippen LogP contribution in [-0.2, 0) is 4.74 Å². The fourth-order valence-corrected chi connectivity index (χ4v) is 1.90. The van der Waals surface area contributed by atoms with Gasteiger partial charge in [-0.1, -0.05) is 19.9 Å². The third-order valence-electron chi connectivity index (χ3n) is 3.16. The van der Waals surface area contributed by atoms with E-state index in [4.69, 9.17) is 14.2 Å². The van der Waals surface area contributed by atoms with Crippen LogP contribution in [0.1, 0.15) is 34.6 Å². The van der Waals surface area contributed by atoms with Crippen LogP contribution in [0.15, 0.2) is 48.5 Å². The fourth-order valence-electron chi connectivity index (χ4n) is 1.90. The van der Waals surface area contributed by atoms with Crippen molar-refractivity contribution < 1.29 is 23.8 Å². The molecule has 2 rings (SSSR count). The van der Waals surface area contributed by atoms with Gasteiger partial charge in [0.15, 0.2) is 0 Å². The molecule has 0 aliphatic carbocycles. The van der Waals surface area contributed by atoms with Gasteiger partial charge in [-0.25, -0.2) is 9.59 Å². The number of rotatable bonds is 6. The quantitative estimate of drug-likeness (QED) is 0.597. The van der Waals surface area contributed by atoms with Gasteiger partial charge >= 0.3 is 11.9 Å². The number of carbonyl (C=O) groups excluding carboxylic acids is 2. The lowest BCUT2D eigenvalue weighted by atomic mass is 10.1. The molecule has 0 bridgehead atoms. The third-order valence-corrected chi connectivity index (χ3v) is 3.16. The average molecular weight is 328 g/mol. The van der Waals surface area contributed by atoms with Crippen LogP contribution in [0.2, 0.25) is 0 Å². The monoisotopic (exact) mass is 328 g/mol. The minimum Gasteiger partial charge on any atom is -0.497 e. The maximum absolute atomic E-state index is 12.1. The summed E-state index contributed by atoms with van der Waals surface area (Å²) >= 11 is 0. The van der Waals surface area contributed by atoms with Crippen LogP contribution < -0.4 is 9.47 Å². The SMILES string of the molecule is COc1cccc(OC(=O)c2ccc(C(=O)OCC(C)C)cc2)c1. The fraction of sp³-hybridized carbons (Fsp3) is 0.263. The largest absolute Gasteiger partial charge is 0.497 e. The normalized spacial score (nSPS) is 10.3. The lowest BCUT2D eigenvalue weighted by Crippen LogP contribution is -2.11. The average Bonchev–Trinajstić information content (AvgIpc) is 2.59. The van der Waals surface area contributed by atoms with Crippen LogP contribution in [0.5, 0.6) is 11.5 Å². The summed E-state index contributed by atoms with van der Waals surface area (Å²) in [6, 6.07) is 12.9. The van der Waals surface area contributed by atoms with E-state index >= 15 is 0 Å². The Morgan fingerprint density at radius 2 is 1.50 bits per heavy atom. The van der Waals surface area contributed by atoms with Crippen molar-refractivity contribution >= 4 is 11.9 Å². The topological polar surface area (TPSA) is 61.8 Å². The maximum atomic E-state index is 12.1. The Labute approximate surface area is 141 Å². The van der Waals surface area contributed by atoms with Gasteiger partial charge in [0.2, 0.25) is 0 Å². The van der Waals surface area contributed by atoms with Crippen molar-refractivity contribution in [3.8, 4) is 11.5 Å². The minimum atomic E-state index is -0.509. The van der Waals surface area contributed by atoms with E-state index in [1.54, 1.807) is 36.4 Å². The summed E-state index contributed by atoms with van der Waals surface area (Å²) in [6.45, 7) is 4.29. The number of hydrogen-bond donors (Lipinski definition) is 0. The molecular weight excluding hydrogens is 308 g/mol. The first-order chi connectivity index (χ1) is 11.5. The lowest BCUT2D eigenvalue weighted by molar-refractivity contribution is 0.0458. The van der Waals surface area contributed by atoms with Crippen LogP contribution in [-0.4, -0.2) is 25.7 Å². The van der Waals surface area contributed by atoms with Gasteiger partial charge in [-0.05, 0) is 42.3 Å². The molecule has 24 heavy (non-hydrogen) atoms. The van der Waals surface area contributed by atoms with Gasteiger partial charge in [0.05, 0.1) is 24.8 Å². The standard InChI is InChI=1S/C19H20O5/c1-13(2)12-23-18(20)14-7-9-15(10-8-14)19(21)24-17-6-4-5-16(11-17)22-3/h4-11,13H,12H2,1-3H3. The van der Waals surface area contributed by atoms with Crippen LogP contribution >= 0.6 is 0 Å². The molecule has 0 aromatic heterocycles. The summed E-state index contributed by atoms with van der Waals surface area (Å²) in [4.78, 5) is 24.0. The zero-order valence-corrected chi connectivity index (χ0v) is 13.9. The Hall–Kier alpha value is -2.82. The van der Waals surface area contributed by atoms with Gasteiger partial charge in [-0.15, -0.1) is 0 Å². The second-order valence-corrected chi connectivity index (χ2v) is 5.64. The van der Waals surface area contributed by atoms with Crippen molar-refractivity contribution in [2.75, 3.05) is 13.7 Å². The first kappa shape index (κ1) is 17.5. The van der Waals surface area contributed by atoms with Crippen molar-refractivity contribution in [2.24, 2.45) is 5.92 Å². The number of ether oxygens (including phenoxy) is 3. The first-order valence-corrected chi connectivity index (χ1v) is 7.63. The van der Waals surface area contributed by atoms with Crippen molar-refractivity contribution in [1.29, 1.82) is 0 Å². The predicted molar refractivity (Wildman–Crippen MR) is 89.5 cm³/mol. The number of hydrogen-bond acceptors (Lipinski definition) is 5. The zero-order valence-electron chi connectivity index (χ0n) is 13.9. The summed E-state index contributed by atoms with van der Waals surface area (Å²) in [6.07, 6.45) is 0. The molecule has 0 radical (unpaired) electrons. The molecule has 126 valence electrons. The van der Waals surface area contributed by atoms with Crippen LogP contribution in [0, 0.1) is 5.92 Å². The summed E-state index contributed by atoms with van der Waals surface area (Å²) in [5, 5.41) is 0. The highest BCUT2D eigenvalue weighted by molar-refractivity contribution is 5.94. The van der Waals surface area contributed by atoms with E-state index in [0.29, 0.717) is 29.2 Å². The van der Waals surface area contributed by atoms with E-state index < -0.39 is 11.9 Å². The summed E-state index contributed by atoms with van der Waals surface area (Å²) in [5.41, 5.74) is 0.742. The minimum absolute atomic E-state index is 0.270. The number of carbonyl (C=O) groups is 2. The van der Waals surface area contributed by atoms with Crippen LogP contribution in [0.4, 0.5) is 0 Å². The Kier molecular flexibility index (Phi) is 5.95. The van der Waals surface area contributed by atoms with Crippen LogP contribution in [0.3, 0.4) is 0 Å². The van der Waals surface area contributed by atoms with Gasteiger partial charge in [0.25, 0.3) is 0 Å². The Morgan fingerprint density at radius 3 is 2.08 bits per heavy atom. The van der Waals surface area contributed by atoms with Crippen molar-refractivity contribution in [2.45, 2.75) is 13.8 Å². The molecule has 0 saturated heterocycles. The molecule has 0 heterocycles. The Morgan fingerprint density at radius 1 is 0.917 bits per heavy atom.